The fourth-order valence-corrected chi connectivity index (χ4v) is 2.71. The minimum absolute atomic E-state index is 0.835. The molecule has 0 atom stereocenters. The van der Waals surface area contributed by atoms with E-state index in [2.05, 4.69) is 16.7 Å². The van der Waals surface area contributed by atoms with Crippen LogP contribution in [0.2, 0.25) is 0 Å². The van der Waals surface area contributed by atoms with Crippen LogP contribution in [0.25, 0.3) is 0 Å². The molecule has 0 aromatic carbocycles. The predicted octanol–water partition coefficient (Wildman–Crippen LogP) is 2.31. The van der Waals surface area contributed by atoms with Crippen molar-refractivity contribution >= 4 is 0 Å². The summed E-state index contributed by atoms with van der Waals surface area (Å²) >= 11 is 0. The van der Waals surface area contributed by atoms with Crippen molar-refractivity contribution in [1.82, 2.24) is 9.80 Å². The second-order valence-corrected chi connectivity index (χ2v) is 5.59. The van der Waals surface area contributed by atoms with Gasteiger partial charge in [-0.3, -0.25) is 0 Å². The molecule has 0 bridgehead atoms. The molecule has 0 unspecified atom stereocenters. The van der Waals surface area contributed by atoms with Crippen LogP contribution < -0.4 is 5.73 Å². The highest BCUT2D eigenvalue weighted by molar-refractivity contribution is 4.65. The highest BCUT2D eigenvalue weighted by Gasteiger charge is 2.09. The first-order chi connectivity index (χ1) is 8.86. The van der Waals surface area contributed by atoms with Gasteiger partial charge in [0, 0.05) is 0 Å². The molecule has 18 heavy (non-hydrogen) atoms. The second kappa shape index (κ2) is 10.8. The molecule has 1 heterocycles. The van der Waals surface area contributed by atoms with Crippen LogP contribution in [0.15, 0.2) is 0 Å². The Bertz CT molecular complexity index is 153. The van der Waals surface area contributed by atoms with Crippen molar-refractivity contribution in [2.24, 2.45) is 5.73 Å². The maximum atomic E-state index is 5.60. The topological polar surface area (TPSA) is 32.5 Å². The average molecular weight is 255 g/mol. The molecule has 2 N–H and O–H groups in total. The summed E-state index contributed by atoms with van der Waals surface area (Å²) in [6.07, 6.45) is 9.28. The second-order valence-electron chi connectivity index (χ2n) is 5.59. The highest BCUT2D eigenvalue weighted by Crippen LogP contribution is 2.07. The normalized spacial score (nSPS) is 21.0. The van der Waals surface area contributed by atoms with Gasteiger partial charge >= 0.3 is 0 Å². The zero-order valence-electron chi connectivity index (χ0n) is 12.4. The maximum Gasteiger partial charge on any atom is -0.000672 e. The maximum absolute atomic E-state index is 5.60. The van der Waals surface area contributed by atoms with E-state index in [1.54, 1.807) is 0 Å². The first-order valence-corrected chi connectivity index (χ1v) is 8.01. The zero-order chi connectivity index (χ0) is 13.1. The molecule has 108 valence electrons. The van der Waals surface area contributed by atoms with Gasteiger partial charge in [-0.1, -0.05) is 13.3 Å². The summed E-state index contributed by atoms with van der Waals surface area (Å²) < 4.78 is 0. The third kappa shape index (κ3) is 7.34. The number of hydrogen-bond acceptors (Lipinski definition) is 3. The van der Waals surface area contributed by atoms with Crippen molar-refractivity contribution in [2.45, 2.75) is 51.9 Å². The van der Waals surface area contributed by atoms with E-state index < -0.39 is 0 Å². The van der Waals surface area contributed by atoms with Crippen LogP contribution in [-0.4, -0.2) is 55.6 Å². The van der Waals surface area contributed by atoms with Crippen LogP contribution in [0.3, 0.4) is 0 Å². The van der Waals surface area contributed by atoms with Gasteiger partial charge in [0.15, 0.2) is 0 Å². The van der Waals surface area contributed by atoms with E-state index in [0.717, 1.165) is 13.0 Å². The van der Waals surface area contributed by atoms with Crippen molar-refractivity contribution in [2.75, 3.05) is 45.8 Å². The van der Waals surface area contributed by atoms with E-state index >= 15 is 0 Å². The van der Waals surface area contributed by atoms with Crippen LogP contribution in [0.4, 0.5) is 0 Å². The molecule has 1 aliphatic rings. The van der Waals surface area contributed by atoms with Crippen molar-refractivity contribution in [1.29, 1.82) is 0 Å². The van der Waals surface area contributed by atoms with Crippen molar-refractivity contribution in [3.63, 3.8) is 0 Å². The van der Waals surface area contributed by atoms with E-state index in [4.69, 9.17) is 5.73 Å². The van der Waals surface area contributed by atoms with Crippen LogP contribution in [-0.2, 0) is 0 Å². The minimum atomic E-state index is 0.835. The van der Waals surface area contributed by atoms with E-state index in [0.29, 0.717) is 0 Å². The summed E-state index contributed by atoms with van der Waals surface area (Å²) in [6.45, 7) is 10.8. The minimum Gasteiger partial charge on any atom is -0.330 e. The molecule has 1 aliphatic heterocycles. The standard InChI is InChI=1S/C15H33N3/c1-2-3-10-17-11-4-6-13-18(15-8-9-16)14-7-5-12-17/h2-16H2,1H3. The van der Waals surface area contributed by atoms with Crippen LogP contribution in [0.5, 0.6) is 0 Å². The van der Waals surface area contributed by atoms with Crippen molar-refractivity contribution in [3.8, 4) is 0 Å². The van der Waals surface area contributed by atoms with Gasteiger partial charge in [-0.15, -0.1) is 0 Å². The molecule has 0 spiro atoms. The Hall–Kier alpha value is -0.120. The van der Waals surface area contributed by atoms with E-state index in [-0.39, 0.29) is 0 Å². The average Bonchev–Trinajstić information content (AvgIpc) is 2.41. The summed E-state index contributed by atoms with van der Waals surface area (Å²) in [5.41, 5.74) is 5.60. The van der Waals surface area contributed by atoms with E-state index in [1.165, 1.54) is 77.8 Å². The predicted molar refractivity (Wildman–Crippen MR) is 79.9 cm³/mol. The lowest BCUT2D eigenvalue weighted by Gasteiger charge is -2.27. The Morgan fingerprint density at radius 1 is 0.778 bits per heavy atom. The third-order valence-electron chi connectivity index (χ3n) is 3.90. The zero-order valence-corrected chi connectivity index (χ0v) is 12.4. The molecule has 0 saturated carbocycles. The van der Waals surface area contributed by atoms with Crippen LogP contribution in [0.1, 0.15) is 51.9 Å². The summed E-state index contributed by atoms with van der Waals surface area (Å²) in [5, 5.41) is 0. The van der Waals surface area contributed by atoms with Crippen LogP contribution in [0, 0.1) is 0 Å². The fraction of sp³-hybridized carbons (Fsp3) is 1.00. The lowest BCUT2D eigenvalue weighted by molar-refractivity contribution is 0.209. The van der Waals surface area contributed by atoms with Gasteiger partial charge in [-0.25, -0.2) is 0 Å². The number of rotatable bonds is 6. The largest absolute Gasteiger partial charge is 0.330 e. The molecule has 0 aromatic rings. The summed E-state index contributed by atoms with van der Waals surface area (Å²) in [5.74, 6) is 0. The molecular weight excluding hydrogens is 222 g/mol. The summed E-state index contributed by atoms with van der Waals surface area (Å²) in [4.78, 5) is 5.30. The van der Waals surface area contributed by atoms with E-state index in [9.17, 15) is 0 Å². The number of nitrogens with two attached hydrogens (primary N) is 1. The van der Waals surface area contributed by atoms with Crippen molar-refractivity contribution < 1.29 is 0 Å². The third-order valence-corrected chi connectivity index (χ3v) is 3.90. The molecule has 0 aliphatic carbocycles. The smallest absolute Gasteiger partial charge is 0.000672 e. The van der Waals surface area contributed by atoms with Crippen molar-refractivity contribution in [3.05, 3.63) is 0 Å². The van der Waals surface area contributed by atoms with Gasteiger partial charge in [0.05, 0.1) is 0 Å². The Labute approximate surface area is 114 Å². The summed E-state index contributed by atoms with van der Waals surface area (Å²) in [7, 11) is 0. The lowest BCUT2D eigenvalue weighted by Crippen LogP contribution is -2.33. The number of hydrogen-bond donors (Lipinski definition) is 1. The van der Waals surface area contributed by atoms with E-state index in [1.807, 2.05) is 0 Å². The Morgan fingerprint density at radius 2 is 1.22 bits per heavy atom. The first kappa shape index (κ1) is 15.9. The molecular formula is C15H33N3. The molecule has 1 saturated heterocycles. The Morgan fingerprint density at radius 3 is 1.61 bits per heavy atom. The van der Waals surface area contributed by atoms with Gasteiger partial charge in [-0.05, 0) is 84.3 Å². The van der Waals surface area contributed by atoms with Gasteiger partial charge in [-0.2, -0.15) is 0 Å². The number of nitrogens with zero attached hydrogens (tertiary/aromatic N) is 2. The van der Waals surface area contributed by atoms with Gasteiger partial charge in [0.1, 0.15) is 0 Å². The Balaban J connectivity index is 2.22. The molecule has 3 nitrogen and oxygen atoms in total. The van der Waals surface area contributed by atoms with Gasteiger partial charge in [0.25, 0.3) is 0 Å². The first-order valence-electron chi connectivity index (χ1n) is 8.01. The summed E-state index contributed by atoms with van der Waals surface area (Å²) in [6, 6.07) is 0. The molecule has 0 aromatic heterocycles. The monoisotopic (exact) mass is 255 g/mol. The SMILES string of the molecule is CCCCN1CCCCN(CCCN)CCCC1. The lowest BCUT2D eigenvalue weighted by atomic mass is 10.2. The molecule has 3 heteroatoms. The quantitative estimate of drug-likeness (QED) is 0.790. The van der Waals surface area contributed by atoms with Crippen LogP contribution >= 0.6 is 0 Å². The van der Waals surface area contributed by atoms with Gasteiger partial charge in [0.2, 0.25) is 0 Å². The molecule has 0 radical (unpaired) electrons. The molecule has 1 rings (SSSR count). The molecule has 0 amide bonds. The molecule has 1 fully saturated rings. The number of unbranched alkanes of at least 4 members (excludes halogenated alkanes) is 1. The highest BCUT2D eigenvalue weighted by atomic mass is 15.1. The van der Waals surface area contributed by atoms with Gasteiger partial charge < -0.3 is 15.5 Å². The Kier molecular flexibility index (Phi) is 9.54. The fourth-order valence-electron chi connectivity index (χ4n) is 2.71.